The predicted molar refractivity (Wildman–Crippen MR) is 102 cm³/mol. The van der Waals surface area contributed by atoms with Gasteiger partial charge >= 0.3 is 0 Å². The van der Waals surface area contributed by atoms with E-state index in [1.54, 1.807) is 18.3 Å². The van der Waals surface area contributed by atoms with Crippen LogP contribution in [0, 0.1) is 0 Å². The van der Waals surface area contributed by atoms with Gasteiger partial charge < -0.3 is 15.7 Å². The van der Waals surface area contributed by atoms with Crippen molar-refractivity contribution in [3.05, 3.63) is 48.0 Å². The molecule has 3 rings (SSSR count). The Bertz CT molecular complexity index is 725. The molecule has 2 atom stereocenters. The van der Waals surface area contributed by atoms with Gasteiger partial charge in [0.2, 0.25) is 5.95 Å². The number of likely N-dealkylation sites (tertiary alicyclic amines) is 1. The molecule has 1 aliphatic rings. The maximum Gasteiger partial charge on any atom is 0.253 e. The van der Waals surface area contributed by atoms with Crippen molar-refractivity contribution in [3.8, 4) is 0 Å². The normalized spacial score (nSPS) is 20.2. The molecule has 8 nitrogen and oxygen atoms in total. The second kappa shape index (κ2) is 9.38. The van der Waals surface area contributed by atoms with Gasteiger partial charge in [-0.25, -0.2) is 9.97 Å². The van der Waals surface area contributed by atoms with Gasteiger partial charge in [0.25, 0.3) is 5.91 Å². The van der Waals surface area contributed by atoms with E-state index in [0.29, 0.717) is 31.0 Å². The van der Waals surface area contributed by atoms with Crippen LogP contribution in [0.25, 0.3) is 0 Å². The fourth-order valence-corrected chi connectivity index (χ4v) is 3.08. The van der Waals surface area contributed by atoms with Crippen LogP contribution in [0.15, 0.2) is 36.9 Å². The fourth-order valence-electron chi connectivity index (χ4n) is 3.08. The Kier molecular flexibility index (Phi) is 6.67. The number of amides is 1. The van der Waals surface area contributed by atoms with E-state index in [4.69, 9.17) is 0 Å². The van der Waals surface area contributed by atoms with Crippen molar-refractivity contribution < 1.29 is 9.90 Å². The lowest BCUT2D eigenvalue weighted by Gasteiger charge is -2.36. The Balaban J connectivity index is 1.49. The molecule has 1 saturated heterocycles. The van der Waals surface area contributed by atoms with E-state index in [1.807, 2.05) is 12.4 Å². The second-order valence-corrected chi connectivity index (χ2v) is 6.75. The zero-order valence-corrected chi connectivity index (χ0v) is 15.5. The zero-order valence-electron chi connectivity index (χ0n) is 15.5. The minimum Gasteiger partial charge on any atom is -0.390 e. The summed E-state index contributed by atoms with van der Waals surface area (Å²) in [5.74, 6) is 0.432. The Morgan fingerprint density at radius 2 is 2.15 bits per heavy atom. The van der Waals surface area contributed by atoms with Crippen molar-refractivity contribution in [2.45, 2.75) is 38.5 Å². The number of anilines is 1. The van der Waals surface area contributed by atoms with Gasteiger partial charge in [-0.2, -0.15) is 0 Å². The Morgan fingerprint density at radius 1 is 1.33 bits per heavy atom. The first-order valence-electron chi connectivity index (χ1n) is 9.32. The van der Waals surface area contributed by atoms with Crippen LogP contribution in [0.2, 0.25) is 0 Å². The monoisotopic (exact) mass is 370 g/mol. The number of aliphatic hydroxyl groups is 1. The van der Waals surface area contributed by atoms with Crippen LogP contribution >= 0.6 is 0 Å². The number of β-amino-alcohol motifs (C(OH)–C–C–N with tert-alkyl or cyclic N) is 1. The standard InChI is InChI=1S/C19H26N6O2/c1-2-6-21-19-22-9-14(10-23-19)12-25-8-5-16(17(26)13-25)24-18(27)15-4-3-7-20-11-15/h3-4,7,9-11,16-17,26H,2,5-6,8,12-13H2,1H3,(H,24,27)(H,21,22,23)/t16-,17-/m0/s1. The maximum absolute atomic E-state index is 12.2. The SMILES string of the molecule is CCCNc1ncc(CN2CC[C@H](NC(=O)c3cccnc3)[C@@H](O)C2)cn1. The molecule has 0 unspecified atom stereocenters. The number of piperidine rings is 1. The van der Waals surface area contributed by atoms with Crippen molar-refractivity contribution in [1.82, 2.24) is 25.2 Å². The molecule has 144 valence electrons. The summed E-state index contributed by atoms with van der Waals surface area (Å²) in [6.45, 7) is 4.90. The van der Waals surface area contributed by atoms with Crippen LogP contribution in [0.4, 0.5) is 5.95 Å². The van der Waals surface area contributed by atoms with Gasteiger partial charge in [-0.1, -0.05) is 6.92 Å². The lowest BCUT2D eigenvalue weighted by atomic mass is 10.0. The van der Waals surface area contributed by atoms with E-state index in [2.05, 4.69) is 37.4 Å². The molecule has 1 aliphatic heterocycles. The van der Waals surface area contributed by atoms with Crippen LogP contribution in [-0.4, -0.2) is 62.6 Å². The van der Waals surface area contributed by atoms with Gasteiger partial charge in [0.15, 0.2) is 0 Å². The lowest BCUT2D eigenvalue weighted by Crippen LogP contribution is -2.53. The lowest BCUT2D eigenvalue weighted by molar-refractivity contribution is 0.0349. The first-order valence-corrected chi connectivity index (χ1v) is 9.32. The van der Waals surface area contributed by atoms with Crippen molar-refractivity contribution in [2.24, 2.45) is 0 Å². The highest BCUT2D eigenvalue weighted by Gasteiger charge is 2.29. The molecule has 1 amide bonds. The summed E-state index contributed by atoms with van der Waals surface area (Å²) in [6, 6.07) is 3.17. The highest BCUT2D eigenvalue weighted by molar-refractivity contribution is 5.94. The van der Waals surface area contributed by atoms with E-state index in [0.717, 1.165) is 25.1 Å². The molecule has 0 aliphatic carbocycles. The first-order chi connectivity index (χ1) is 13.2. The number of nitrogens with zero attached hydrogens (tertiary/aromatic N) is 4. The molecule has 1 fully saturated rings. The molecule has 0 aromatic carbocycles. The van der Waals surface area contributed by atoms with Crippen LogP contribution in [0.3, 0.4) is 0 Å². The number of hydrogen-bond acceptors (Lipinski definition) is 7. The molecule has 0 saturated carbocycles. The molecule has 0 bridgehead atoms. The smallest absolute Gasteiger partial charge is 0.253 e. The summed E-state index contributed by atoms with van der Waals surface area (Å²) in [5, 5.41) is 16.5. The summed E-state index contributed by atoms with van der Waals surface area (Å²) in [4.78, 5) is 27.0. The number of nitrogens with one attached hydrogen (secondary N) is 2. The largest absolute Gasteiger partial charge is 0.390 e. The molecule has 3 N–H and O–H groups in total. The Labute approximate surface area is 159 Å². The molecule has 27 heavy (non-hydrogen) atoms. The van der Waals surface area contributed by atoms with E-state index in [1.165, 1.54) is 6.20 Å². The zero-order chi connectivity index (χ0) is 19.1. The van der Waals surface area contributed by atoms with Gasteiger partial charge in [-0.3, -0.25) is 14.7 Å². The number of aromatic nitrogens is 3. The molecule has 0 radical (unpaired) electrons. The summed E-state index contributed by atoms with van der Waals surface area (Å²) in [7, 11) is 0. The average molecular weight is 370 g/mol. The number of carbonyl (C=O) groups excluding carboxylic acids is 1. The summed E-state index contributed by atoms with van der Waals surface area (Å²) in [6.07, 6.45) is 7.86. The quantitative estimate of drug-likeness (QED) is 0.669. The minimum absolute atomic E-state index is 0.204. The van der Waals surface area contributed by atoms with Gasteiger partial charge in [0, 0.05) is 56.5 Å². The second-order valence-electron chi connectivity index (χ2n) is 6.75. The molecule has 2 aromatic heterocycles. The van der Waals surface area contributed by atoms with Gasteiger partial charge in [-0.15, -0.1) is 0 Å². The van der Waals surface area contributed by atoms with Crippen LogP contribution in [-0.2, 0) is 6.54 Å². The molecule has 8 heteroatoms. The molecule has 0 spiro atoms. The summed E-state index contributed by atoms with van der Waals surface area (Å²) in [5.41, 5.74) is 1.50. The molecular weight excluding hydrogens is 344 g/mol. The number of hydrogen-bond donors (Lipinski definition) is 3. The van der Waals surface area contributed by atoms with Crippen LogP contribution in [0.1, 0.15) is 35.7 Å². The fraction of sp³-hybridized carbons (Fsp3) is 0.474. The van der Waals surface area contributed by atoms with E-state index < -0.39 is 6.10 Å². The third-order valence-corrected chi connectivity index (χ3v) is 4.55. The van der Waals surface area contributed by atoms with Gasteiger partial charge in [-0.05, 0) is 25.0 Å². The van der Waals surface area contributed by atoms with Gasteiger partial charge in [0.05, 0.1) is 17.7 Å². The number of aliphatic hydroxyl groups excluding tert-OH is 1. The molecular formula is C19H26N6O2. The highest BCUT2D eigenvalue weighted by Crippen LogP contribution is 2.15. The number of carbonyl (C=O) groups is 1. The topological polar surface area (TPSA) is 103 Å². The third-order valence-electron chi connectivity index (χ3n) is 4.55. The summed E-state index contributed by atoms with van der Waals surface area (Å²) < 4.78 is 0. The van der Waals surface area contributed by atoms with Crippen LogP contribution < -0.4 is 10.6 Å². The summed E-state index contributed by atoms with van der Waals surface area (Å²) >= 11 is 0. The molecule has 2 aromatic rings. The average Bonchev–Trinajstić information content (AvgIpc) is 2.70. The maximum atomic E-state index is 12.2. The Hall–Kier alpha value is -2.58. The predicted octanol–water partition coefficient (Wildman–Crippen LogP) is 1.06. The highest BCUT2D eigenvalue weighted by atomic mass is 16.3. The van der Waals surface area contributed by atoms with Crippen molar-refractivity contribution in [1.29, 1.82) is 0 Å². The van der Waals surface area contributed by atoms with Crippen LogP contribution in [0.5, 0.6) is 0 Å². The number of rotatable bonds is 7. The van der Waals surface area contributed by atoms with Crippen molar-refractivity contribution >= 4 is 11.9 Å². The minimum atomic E-state index is -0.620. The van der Waals surface area contributed by atoms with Crippen molar-refractivity contribution in [2.75, 3.05) is 25.0 Å². The van der Waals surface area contributed by atoms with Crippen molar-refractivity contribution in [3.63, 3.8) is 0 Å². The van der Waals surface area contributed by atoms with E-state index >= 15 is 0 Å². The third kappa shape index (κ3) is 5.45. The van der Waals surface area contributed by atoms with Gasteiger partial charge in [0.1, 0.15) is 0 Å². The Morgan fingerprint density at radius 3 is 2.81 bits per heavy atom. The first kappa shape index (κ1) is 19.2. The molecule has 3 heterocycles. The van der Waals surface area contributed by atoms with E-state index in [-0.39, 0.29) is 11.9 Å². The number of pyridine rings is 1. The van der Waals surface area contributed by atoms with E-state index in [9.17, 15) is 9.90 Å².